The summed E-state index contributed by atoms with van der Waals surface area (Å²) in [6.07, 6.45) is 4.88. The van der Waals surface area contributed by atoms with Gasteiger partial charge in [-0.1, -0.05) is 6.08 Å². The lowest BCUT2D eigenvalue weighted by Crippen LogP contribution is -2.42. The van der Waals surface area contributed by atoms with Crippen molar-refractivity contribution in [2.45, 2.75) is 32.1 Å². The number of benzene rings is 1. The molecule has 2 rings (SSSR count). The number of nitrogens with two attached hydrogens (primary N) is 1. The molecule has 0 radical (unpaired) electrons. The van der Waals surface area contributed by atoms with Crippen LogP contribution in [0.2, 0.25) is 0 Å². The highest BCUT2D eigenvalue weighted by Gasteiger charge is 2.31. The van der Waals surface area contributed by atoms with E-state index in [0.29, 0.717) is 24.9 Å². The van der Waals surface area contributed by atoms with Crippen molar-refractivity contribution in [2.75, 3.05) is 11.4 Å². The molecule has 8 nitrogen and oxygen atoms in total. The number of amides is 2. The van der Waals surface area contributed by atoms with E-state index in [1.54, 1.807) is 35.2 Å². The minimum absolute atomic E-state index is 0.00482. The third kappa shape index (κ3) is 5.95. The number of carbonyl (C=O) groups is 3. The van der Waals surface area contributed by atoms with E-state index >= 15 is 0 Å². The Kier molecular flexibility index (Phi) is 7.10. The quantitative estimate of drug-likeness (QED) is 0.406. The summed E-state index contributed by atoms with van der Waals surface area (Å²) in [5.41, 5.74) is 6.76. The Morgan fingerprint density at radius 2 is 2.04 bits per heavy atom. The Balaban J connectivity index is 1.91. The molecule has 1 aliphatic heterocycles. The van der Waals surface area contributed by atoms with Gasteiger partial charge in [-0.15, -0.1) is 0 Å². The zero-order chi connectivity index (χ0) is 19.8. The SMILES string of the molecule is N=C(N)c1ccc(N2CCCC(CC(=O)NC=CCCC(=O)O)C2=O)cc1. The predicted octanol–water partition coefficient (Wildman–Crippen LogP) is 1.60. The lowest BCUT2D eigenvalue weighted by atomic mass is 9.93. The highest BCUT2D eigenvalue weighted by molar-refractivity contribution is 5.99. The van der Waals surface area contributed by atoms with Crippen LogP contribution in [0.25, 0.3) is 0 Å². The molecule has 1 saturated heterocycles. The lowest BCUT2D eigenvalue weighted by Gasteiger charge is -2.32. The first-order valence-corrected chi connectivity index (χ1v) is 8.80. The van der Waals surface area contributed by atoms with Gasteiger partial charge in [0.1, 0.15) is 5.84 Å². The van der Waals surface area contributed by atoms with Crippen LogP contribution in [0, 0.1) is 11.3 Å². The number of anilines is 1. The topological polar surface area (TPSA) is 137 Å². The summed E-state index contributed by atoms with van der Waals surface area (Å²) in [7, 11) is 0. The first kappa shape index (κ1) is 20.2. The van der Waals surface area contributed by atoms with Crippen molar-refractivity contribution >= 4 is 29.3 Å². The van der Waals surface area contributed by atoms with E-state index in [1.807, 2.05) is 0 Å². The summed E-state index contributed by atoms with van der Waals surface area (Å²) < 4.78 is 0. The van der Waals surface area contributed by atoms with Crippen LogP contribution in [0.4, 0.5) is 5.69 Å². The van der Waals surface area contributed by atoms with Crippen molar-refractivity contribution in [1.82, 2.24) is 5.32 Å². The molecule has 1 fully saturated rings. The number of hydrogen-bond acceptors (Lipinski definition) is 4. The molecule has 144 valence electrons. The van der Waals surface area contributed by atoms with Crippen LogP contribution < -0.4 is 16.0 Å². The first-order valence-electron chi connectivity index (χ1n) is 8.80. The Hall–Kier alpha value is -3.16. The van der Waals surface area contributed by atoms with Gasteiger partial charge in [0.2, 0.25) is 11.8 Å². The van der Waals surface area contributed by atoms with Crippen molar-refractivity contribution in [2.24, 2.45) is 11.7 Å². The molecule has 1 aliphatic rings. The number of rotatable bonds is 8. The van der Waals surface area contributed by atoms with E-state index in [1.165, 1.54) is 6.20 Å². The Morgan fingerprint density at radius 3 is 2.67 bits per heavy atom. The van der Waals surface area contributed by atoms with Crippen molar-refractivity contribution in [3.63, 3.8) is 0 Å². The van der Waals surface area contributed by atoms with Crippen LogP contribution in [0.3, 0.4) is 0 Å². The molecule has 1 aromatic rings. The number of aliphatic carboxylic acids is 1. The summed E-state index contributed by atoms with van der Waals surface area (Å²) in [6.45, 7) is 0.589. The fourth-order valence-corrected chi connectivity index (χ4v) is 2.94. The fourth-order valence-electron chi connectivity index (χ4n) is 2.94. The zero-order valence-corrected chi connectivity index (χ0v) is 15.0. The molecule has 0 bridgehead atoms. The molecule has 1 atom stereocenters. The summed E-state index contributed by atoms with van der Waals surface area (Å²) in [5.74, 6) is -1.68. The van der Waals surface area contributed by atoms with E-state index < -0.39 is 11.9 Å². The van der Waals surface area contributed by atoms with Gasteiger partial charge in [-0.3, -0.25) is 19.8 Å². The second kappa shape index (κ2) is 9.51. The van der Waals surface area contributed by atoms with E-state index in [-0.39, 0.29) is 30.5 Å². The number of piperidine rings is 1. The molecule has 1 heterocycles. The molecule has 0 spiro atoms. The van der Waals surface area contributed by atoms with Gasteiger partial charge in [-0.2, -0.15) is 0 Å². The number of nitrogens with zero attached hydrogens (tertiary/aromatic N) is 1. The van der Waals surface area contributed by atoms with Crippen LogP contribution >= 0.6 is 0 Å². The molecule has 1 unspecified atom stereocenters. The third-order valence-electron chi connectivity index (χ3n) is 4.36. The fraction of sp³-hybridized carbons (Fsp3) is 0.368. The van der Waals surface area contributed by atoms with Crippen LogP contribution in [-0.2, 0) is 14.4 Å². The maximum Gasteiger partial charge on any atom is 0.303 e. The highest BCUT2D eigenvalue weighted by Crippen LogP contribution is 2.26. The average molecular weight is 372 g/mol. The Bertz CT molecular complexity index is 743. The number of nitrogens with one attached hydrogen (secondary N) is 2. The molecular weight excluding hydrogens is 348 g/mol. The monoisotopic (exact) mass is 372 g/mol. The summed E-state index contributed by atoms with van der Waals surface area (Å²) in [4.78, 5) is 36.8. The molecule has 1 aromatic carbocycles. The number of amidine groups is 1. The Morgan fingerprint density at radius 1 is 1.33 bits per heavy atom. The van der Waals surface area contributed by atoms with Crippen LogP contribution in [0.15, 0.2) is 36.5 Å². The number of hydrogen-bond donors (Lipinski definition) is 4. The third-order valence-corrected chi connectivity index (χ3v) is 4.36. The normalized spacial score (nSPS) is 17.1. The molecule has 0 saturated carbocycles. The van der Waals surface area contributed by atoms with Crippen LogP contribution in [0.1, 0.15) is 37.7 Å². The van der Waals surface area contributed by atoms with Crippen molar-refractivity contribution in [3.05, 3.63) is 42.1 Å². The van der Waals surface area contributed by atoms with Gasteiger partial charge in [0.15, 0.2) is 0 Å². The molecular formula is C19H24N4O4. The van der Waals surface area contributed by atoms with Gasteiger partial charge >= 0.3 is 5.97 Å². The number of allylic oxidation sites excluding steroid dienone is 1. The molecule has 0 aliphatic carbocycles. The van der Waals surface area contributed by atoms with Gasteiger partial charge in [0.25, 0.3) is 0 Å². The van der Waals surface area contributed by atoms with Crippen molar-refractivity contribution in [1.29, 1.82) is 5.41 Å². The van der Waals surface area contributed by atoms with Gasteiger partial charge in [-0.05, 0) is 49.7 Å². The molecule has 0 aromatic heterocycles. The van der Waals surface area contributed by atoms with E-state index in [2.05, 4.69) is 5.32 Å². The van der Waals surface area contributed by atoms with E-state index in [4.69, 9.17) is 16.2 Å². The van der Waals surface area contributed by atoms with Crippen molar-refractivity contribution < 1.29 is 19.5 Å². The summed E-state index contributed by atoms with van der Waals surface area (Å²) in [6, 6.07) is 6.90. The second-order valence-electron chi connectivity index (χ2n) is 6.40. The van der Waals surface area contributed by atoms with E-state index in [9.17, 15) is 14.4 Å². The van der Waals surface area contributed by atoms with Gasteiger partial charge < -0.3 is 21.1 Å². The second-order valence-corrected chi connectivity index (χ2v) is 6.40. The molecule has 8 heteroatoms. The number of carbonyl (C=O) groups excluding carboxylic acids is 2. The van der Waals surface area contributed by atoms with Crippen LogP contribution in [-0.4, -0.2) is 35.3 Å². The number of carboxylic acids is 1. The summed E-state index contributed by atoms with van der Waals surface area (Å²) >= 11 is 0. The molecule has 5 N–H and O–H groups in total. The highest BCUT2D eigenvalue weighted by atomic mass is 16.4. The minimum Gasteiger partial charge on any atom is -0.481 e. The van der Waals surface area contributed by atoms with E-state index in [0.717, 1.165) is 12.1 Å². The largest absolute Gasteiger partial charge is 0.481 e. The van der Waals surface area contributed by atoms with Gasteiger partial charge in [-0.25, -0.2) is 0 Å². The smallest absolute Gasteiger partial charge is 0.303 e. The minimum atomic E-state index is -0.893. The molecule has 27 heavy (non-hydrogen) atoms. The van der Waals surface area contributed by atoms with Gasteiger partial charge in [0.05, 0.1) is 0 Å². The Labute approximate surface area is 157 Å². The predicted molar refractivity (Wildman–Crippen MR) is 101 cm³/mol. The average Bonchev–Trinajstić information content (AvgIpc) is 2.63. The van der Waals surface area contributed by atoms with Gasteiger partial charge in [0, 0.05) is 36.6 Å². The maximum atomic E-state index is 12.7. The molecule has 2 amide bonds. The number of nitrogen functional groups attached to an aromatic ring is 1. The maximum absolute atomic E-state index is 12.7. The zero-order valence-electron chi connectivity index (χ0n) is 15.0. The van der Waals surface area contributed by atoms with Crippen LogP contribution in [0.5, 0.6) is 0 Å². The number of carboxylic acid groups (broad SMARTS) is 1. The standard InChI is InChI=1S/C19H24N4O4/c20-18(21)13-6-8-15(9-7-13)23-11-3-4-14(19(23)27)12-16(24)22-10-2-1-5-17(25)26/h2,6-10,14H,1,3-5,11-12H2,(H3,20,21)(H,22,24)(H,25,26). The summed E-state index contributed by atoms with van der Waals surface area (Å²) in [5, 5.41) is 18.5. The first-order chi connectivity index (χ1) is 12.9. The van der Waals surface area contributed by atoms with Crippen molar-refractivity contribution in [3.8, 4) is 0 Å². The lowest BCUT2D eigenvalue weighted by molar-refractivity contribution is -0.136.